The molecule has 0 bridgehead atoms. The molecule has 0 heterocycles. The van der Waals surface area contributed by atoms with Crippen LogP contribution < -0.4 is 20.2 Å². The fourth-order valence-electron chi connectivity index (χ4n) is 2.02. The summed E-state index contributed by atoms with van der Waals surface area (Å²) in [5.74, 6) is 0.740. The van der Waals surface area contributed by atoms with E-state index in [0.717, 1.165) is 5.56 Å². The van der Waals surface area contributed by atoms with Crippen molar-refractivity contribution in [2.24, 2.45) is 5.10 Å². The Morgan fingerprint density at radius 2 is 2.08 bits per heavy atom. The van der Waals surface area contributed by atoms with Crippen LogP contribution in [0.3, 0.4) is 0 Å². The maximum absolute atomic E-state index is 13.7. The molecule has 2 aromatic carbocycles. The molecule has 0 amide bonds. The lowest BCUT2D eigenvalue weighted by atomic mass is 10.2. The number of halogens is 1. The van der Waals surface area contributed by atoms with Gasteiger partial charge in [-0.25, -0.2) is 4.39 Å². The van der Waals surface area contributed by atoms with Gasteiger partial charge in [0.1, 0.15) is 12.4 Å². The Balaban J connectivity index is 1.99. The van der Waals surface area contributed by atoms with Crippen LogP contribution in [-0.2, 0) is 6.61 Å². The van der Waals surface area contributed by atoms with Crippen LogP contribution in [0.4, 0.5) is 4.39 Å². The highest BCUT2D eigenvalue weighted by atomic mass is 32.1. The highest BCUT2D eigenvalue weighted by molar-refractivity contribution is 7.80. The Morgan fingerprint density at radius 3 is 2.81 bits per heavy atom. The van der Waals surface area contributed by atoms with Crippen molar-refractivity contribution in [2.45, 2.75) is 6.61 Å². The molecular weight excluding hydrogens is 353 g/mol. The molecule has 136 valence electrons. The number of thiocarbonyl (C=S) groups is 1. The van der Waals surface area contributed by atoms with Crippen LogP contribution >= 0.6 is 12.2 Å². The van der Waals surface area contributed by atoms with E-state index in [1.165, 1.54) is 6.07 Å². The second kappa shape index (κ2) is 10.1. The minimum Gasteiger partial charge on any atom is -0.493 e. The number of rotatable bonds is 8. The first kappa shape index (κ1) is 19.4. The van der Waals surface area contributed by atoms with Crippen LogP contribution in [-0.4, -0.2) is 25.0 Å². The molecule has 7 heteroatoms. The van der Waals surface area contributed by atoms with E-state index in [4.69, 9.17) is 21.7 Å². The third-order valence-corrected chi connectivity index (χ3v) is 3.55. The number of hydrazone groups is 1. The Kier molecular flexibility index (Phi) is 7.57. The molecular formula is C19H20FN3O2S. The van der Waals surface area contributed by atoms with Crippen molar-refractivity contribution in [3.05, 3.63) is 72.1 Å². The van der Waals surface area contributed by atoms with Gasteiger partial charge in [-0.3, -0.25) is 5.43 Å². The molecule has 0 spiro atoms. The maximum atomic E-state index is 13.7. The average Bonchev–Trinajstić information content (AvgIpc) is 2.66. The normalized spacial score (nSPS) is 10.4. The molecule has 0 atom stereocenters. The molecule has 0 fully saturated rings. The Bertz CT molecular complexity index is 796. The standard InChI is InChI=1S/C19H20FN3O2S/c1-3-10-21-19(26)23-22-12-14-8-9-17(18(11-14)24-2)25-13-15-6-4-5-7-16(15)20/h3-9,11-12H,1,10,13H2,2H3,(H2,21,23,26). The second-order valence-corrected chi connectivity index (χ2v) is 5.57. The van der Waals surface area contributed by atoms with Crippen LogP contribution in [0.2, 0.25) is 0 Å². The zero-order valence-corrected chi connectivity index (χ0v) is 15.2. The average molecular weight is 373 g/mol. The van der Waals surface area contributed by atoms with Gasteiger partial charge in [0.2, 0.25) is 0 Å². The van der Waals surface area contributed by atoms with Crippen molar-refractivity contribution in [3.8, 4) is 11.5 Å². The molecule has 0 saturated carbocycles. The molecule has 2 N–H and O–H groups in total. The minimum atomic E-state index is -0.303. The van der Waals surface area contributed by atoms with Gasteiger partial charge in [0.05, 0.1) is 13.3 Å². The summed E-state index contributed by atoms with van der Waals surface area (Å²) in [6, 6.07) is 11.8. The predicted molar refractivity (Wildman–Crippen MR) is 105 cm³/mol. The molecule has 5 nitrogen and oxygen atoms in total. The zero-order valence-electron chi connectivity index (χ0n) is 14.4. The van der Waals surface area contributed by atoms with E-state index in [2.05, 4.69) is 22.4 Å². The zero-order chi connectivity index (χ0) is 18.8. The second-order valence-electron chi connectivity index (χ2n) is 5.16. The van der Waals surface area contributed by atoms with Gasteiger partial charge in [0.25, 0.3) is 0 Å². The molecule has 0 aliphatic carbocycles. The third kappa shape index (κ3) is 5.86. The fourth-order valence-corrected chi connectivity index (χ4v) is 2.16. The number of nitrogens with zero attached hydrogens (tertiary/aromatic N) is 1. The third-order valence-electron chi connectivity index (χ3n) is 3.32. The van der Waals surface area contributed by atoms with E-state index >= 15 is 0 Å². The van der Waals surface area contributed by atoms with Crippen molar-refractivity contribution < 1.29 is 13.9 Å². The molecule has 0 aromatic heterocycles. The summed E-state index contributed by atoms with van der Waals surface area (Å²) in [4.78, 5) is 0. The van der Waals surface area contributed by atoms with Crippen LogP contribution in [0.5, 0.6) is 11.5 Å². The molecule has 0 aliphatic heterocycles. The molecule has 2 aromatic rings. The van der Waals surface area contributed by atoms with Gasteiger partial charge in [-0.1, -0.05) is 24.3 Å². The van der Waals surface area contributed by atoms with Crippen molar-refractivity contribution >= 4 is 23.5 Å². The fraction of sp³-hybridized carbons (Fsp3) is 0.158. The summed E-state index contributed by atoms with van der Waals surface area (Å²) >= 11 is 5.04. The number of ether oxygens (including phenoxy) is 2. The number of hydrogen-bond donors (Lipinski definition) is 2. The summed E-state index contributed by atoms with van der Waals surface area (Å²) in [7, 11) is 1.54. The van der Waals surface area contributed by atoms with Crippen LogP contribution in [0.1, 0.15) is 11.1 Å². The summed E-state index contributed by atoms with van der Waals surface area (Å²) in [5, 5.41) is 7.35. The number of methoxy groups -OCH3 is 1. The lowest BCUT2D eigenvalue weighted by Crippen LogP contribution is -2.31. The van der Waals surface area contributed by atoms with Crippen molar-refractivity contribution in [2.75, 3.05) is 13.7 Å². The molecule has 0 saturated heterocycles. The molecule has 0 unspecified atom stereocenters. The first-order chi connectivity index (χ1) is 12.6. The summed E-state index contributed by atoms with van der Waals surface area (Å²) in [6.45, 7) is 4.26. The Labute approximate surface area is 157 Å². The van der Waals surface area contributed by atoms with Gasteiger partial charge >= 0.3 is 0 Å². The molecule has 26 heavy (non-hydrogen) atoms. The van der Waals surface area contributed by atoms with Crippen LogP contribution in [0.25, 0.3) is 0 Å². The van der Waals surface area contributed by atoms with Crippen LogP contribution in [0, 0.1) is 5.82 Å². The highest BCUT2D eigenvalue weighted by Crippen LogP contribution is 2.28. The number of hydrogen-bond acceptors (Lipinski definition) is 4. The number of benzene rings is 2. The molecule has 0 aliphatic rings. The highest BCUT2D eigenvalue weighted by Gasteiger charge is 2.07. The first-order valence-electron chi connectivity index (χ1n) is 7.86. The lowest BCUT2D eigenvalue weighted by Gasteiger charge is -2.11. The van der Waals surface area contributed by atoms with E-state index < -0.39 is 0 Å². The van der Waals surface area contributed by atoms with Crippen molar-refractivity contribution in [1.82, 2.24) is 10.7 Å². The van der Waals surface area contributed by atoms with Crippen molar-refractivity contribution in [3.63, 3.8) is 0 Å². The Morgan fingerprint density at radius 1 is 1.27 bits per heavy atom. The Hall–Kier alpha value is -2.93. The van der Waals surface area contributed by atoms with Gasteiger partial charge in [0.15, 0.2) is 16.6 Å². The van der Waals surface area contributed by atoms with E-state index in [1.54, 1.807) is 49.7 Å². The molecule has 2 rings (SSSR count). The maximum Gasteiger partial charge on any atom is 0.187 e. The van der Waals surface area contributed by atoms with Gasteiger partial charge in [-0.2, -0.15) is 5.10 Å². The SMILES string of the molecule is C=CCNC(=S)NN=Cc1ccc(OCc2ccccc2F)c(OC)c1. The van der Waals surface area contributed by atoms with E-state index in [9.17, 15) is 4.39 Å². The van der Waals surface area contributed by atoms with E-state index in [-0.39, 0.29) is 12.4 Å². The topological polar surface area (TPSA) is 54.9 Å². The van der Waals surface area contributed by atoms with E-state index in [1.807, 2.05) is 6.07 Å². The van der Waals surface area contributed by atoms with Gasteiger partial charge in [0, 0.05) is 12.1 Å². The predicted octanol–water partition coefficient (Wildman–Crippen LogP) is 3.40. The van der Waals surface area contributed by atoms with Gasteiger partial charge in [-0.15, -0.1) is 6.58 Å². The van der Waals surface area contributed by atoms with Gasteiger partial charge < -0.3 is 14.8 Å². The van der Waals surface area contributed by atoms with E-state index in [0.29, 0.717) is 28.7 Å². The summed E-state index contributed by atoms with van der Waals surface area (Å²) < 4.78 is 24.7. The summed E-state index contributed by atoms with van der Waals surface area (Å²) in [6.07, 6.45) is 3.30. The first-order valence-corrected chi connectivity index (χ1v) is 8.27. The lowest BCUT2D eigenvalue weighted by molar-refractivity contribution is 0.279. The smallest absolute Gasteiger partial charge is 0.187 e. The quantitative estimate of drug-likeness (QED) is 0.321. The minimum absolute atomic E-state index is 0.112. The van der Waals surface area contributed by atoms with Crippen molar-refractivity contribution in [1.29, 1.82) is 0 Å². The van der Waals surface area contributed by atoms with Crippen LogP contribution in [0.15, 0.2) is 60.2 Å². The van der Waals surface area contributed by atoms with Gasteiger partial charge in [-0.05, 0) is 42.0 Å². The summed E-state index contributed by atoms with van der Waals surface area (Å²) in [5.41, 5.74) is 3.97. The largest absolute Gasteiger partial charge is 0.493 e. The molecule has 0 radical (unpaired) electrons. The number of nitrogens with one attached hydrogen (secondary N) is 2. The monoisotopic (exact) mass is 373 g/mol.